The highest BCUT2D eigenvalue weighted by molar-refractivity contribution is 5.38. The third kappa shape index (κ3) is 3.43. The largest absolute Gasteiger partial charge is 0.393 e. The van der Waals surface area contributed by atoms with Gasteiger partial charge in [0.25, 0.3) is 0 Å². The lowest BCUT2D eigenvalue weighted by Crippen LogP contribution is -2.25. The molecule has 0 radical (unpaired) electrons. The van der Waals surface area contributed by atoms with Crippen molar-refractivity contribution in [3.63, 3.8) is 0 Å². The van der Waals surface area contributed by atoms with Gasteiger partial charge in [-0.05, 0) is 37.3 Å². The first kappa shape index (κ1) is 11.9. The summed E-state index contributed by atoms with van der Waals surface area (Å²) in [5.74, 6) is 1.25. The summed E-state index contributed by atoms with van der Waals surface area (Å²) < 4.78 is 0. The van der Waals surface area contributed by atoms with Crippen molar-refractivity contribution < 1.29 is 5.11 Å². The van der Waals surface area contributed by atoms with E-state index in [1.54, 1.807) is 6.07 Å². The highest BCUT2D eigenvalue weighted by atomic mass is 16.3. The molecule has 0 aliphatic heterocycles. The highest BCUT2D eigenvalue weighted by Crippen LogP contribution is 2.24. The van der Waals surface area contributed by atoms with Crippen LogP contribution < -0.4 is 5.32 Å². The summed E-state index contributed by atoms with van der Waals surface area (Å²) in [5, 5.41) is 21.5. The Morgan fingerprint density at radius 3 is 3.12 bits per heavy atom. The fraction of sp³-hybridized carbons (Fsp3) is 0.538. The lowest BCUT2D eigenvalue weighted by atomic mass is 9.87. The lowest BCUT2D eigenvalue weighted by molar-refractivity contribution is 0.104. The molecule has 0 aromatic carbocycles. The van der Waals surface area contributed by atoms with E-state index in [9.17, 15) is 5.11 Å². The van der Waals surface area contributed by atoms with Gasteiger partial charge in [-0.25, -0.2) is 4.98 Å². The first-order valence-corrected chi connectivity index (χ1v) is 6.07. The van der Waals surface area contributed by atoms with E-state index in [0.29, 0.717) is 11.6 Å². The summed E-state index contributed by atoms with van der Waals surface area (Å²) in [6.07, 6.45) is 3.90. The number of aromatic nitrogens is 1. The molecule has 0 bridgehead atoms. The van der Waals surface area contributed by atoms with Crippen molar-refractivity contribution in [3.05, 3.63) is 23.9 Å². The number of hydrogen-bond donors (Lipinski definition) is 2. The molecule has 2 N–H and O–H groups in total. The fourth-order valence-electron chi connectivity index (χ4n) is 2.29. The van der Waals surface area contributed by atoms with Crippen LogP contribution in [0.3, 0.4) is 0 Å². The average Bonchev–Trinajstić information content (AvgIpc) is 2.37. The van der Waals surface area contributed by atoms with Crippen LogP contribution in [0.25, 0.3) is 0 Å². The van der Waals surface area contributed by atoms with E-state index in [2.05, 4.69) is 10.3 Å². The number of aliphatic hydroxyl groups excluding tert-OH is 1. The van der Waals surface area contributed by atoms with E-state index in [4.69, 9.17) is 5.26 Å². The minimum Gasteiger partial charge on any atom is -0.393 e. The molecule has 4 heteroatoms. The Morgan fingerprint density at radius 2 is 2.35 bits per heavy atom. The number of anilines is 1. The van der Waals surface area contributed by atoms with Crippen molar-refractivity contribution >= 4 is 5.82 Å². The molecule has 17 heavy (non-hydrogen) atoms. The monoisotopic (exact) mass is 231 g/mol. The van der Waals surface area contributed by atoms with Crippen molar-refractivity contribution in [1.82, 2.24) is 4.98 Å². The third-order valence-electron chi connectivity index (χ3n) is 3.19. The number of rotatable bonds is 3. The summed E-state index contributed by atoms with van der Waals surface area (Å²) in [7, 11) is 0. The molecule has 1 heterocycles. The molecule has 4 nitrogen and oxygen atoms in total. The topological polar surface area (TPSA) is 68.9 Å². The van der Waals surface area contributed by atoms with Crippen molar-refractivity contribution in [2.45, 2.75) is 31.8 Å². The highest BCUT2D eigenvalue weighted by Gasteiger charge is 2.19. The van der Waals surface area contributed by atoms with Gasteiger partial charge in [0.2, 0.25) is 0 Å². The van der Waals surface area contributed by atoms with E-state index in [-0.39, 0.29) is 6.10 Å². The van der Waals surface area contributed by atoms with Crippen molar-refractivity contribution in [3.8, 4) is 6.07 Å². The lowest BCUT2D eigenvalue weighted by Gasteiger charge is -2.26. The van der Waals surface area contributed by atoms with Gasteiger partial charge in [-0.2, -0.15) is 5.26 Å². The Hall–Kier alpha value is -1.60. The molecule has 0 saturated heterocycles. The molecular formula is C13H17N3O. The number of nitrogens with zero attached hydrogens (tertiary/aromatic N) is 2. The second kappa shape index (κ2) is 5.65. The first-order chi connectivity index (χ1) is 8.28. The molecule has 1 fully saturated rings. The summed E-state index contributed by atoms with van der Waals surface area (Å²) in [5.41, 5.74) is 0.429. The summed E-state index contributed by atoms with van der Waals surface area (Å²) in [4.78, 5) is 4.16. The van der Waals surface area contributed by atoms with Gasteiger partial charge in [-0.3, -0.25) is 0 Å². The van der Waals surface area contributed by atoms with Crippen LogP contribution in [0.1, 0.15) is 31.4 Å². The smallest absolute Gasteiger partial charge is 0.142 e. The SMILES string of the molecule is N#Cc1cccc(NCC2CCCC(O)C2)n1. The molecule has 2 atom stereocenters. The number of nitrogens with one attached hydrogen (secondary N) is 1. The van der Waals surface area contributed by atoms with E-state index in [1.165, 1.54) is 0 Å². The molecule has 2 unspecified atom stereocenters. The predicted octanol–water partition coefficient (Wildman–Crippen LogP) is 1.92. The quantitative estimate of drug-likeness (QED) is 0.833. The molecule has 1 aromatic heterocycles. The van der Waals surface area contributed by atoms with E-state index in [1.807, 2.05) is 18.2 Å². The van der Waals surface area contributed by atoms with Crippen LogP contribution in [0.2, 0.25) is 0 Å². The zero-order valence-corrected chi connectivity index (χ0v) is 9.76. The van der Waals surface area contributed by atoms with Gasteiger partial charge < -0.3 is 10.4 Å². The predicted molar refractivity (Wildman–Crippen MR) is 65.4 cm³/mol. The van der Waals surface area contributed by atoms with Crippen LogP contribution in [-0.4, -0.2) is 22.7 Å². The van der Waals surface area contributed by atoms with Gasteiger partial charge in [-0.1, -0.05) is 12.5 Å². The molecule has 1 aromatic rings. The van der Waals surface area contributed by atoms with Gasteiger partial charge in [-0.15, -0.1) is 0 Å². The van der Waals surface area contributed by atoms with E-state index >= 15 is 0 Å². The summed E-state index contributed by atoms with van der Waals surface area (Å²) >= 11 is 0. The van der Waals surface area contributed by atoms with E-state index < -0.39 is 0 Å². The van der Waals surface area contributed by atoms with Crippen molar-refractivity contribution in [2.24, 2.45) is 5.92 Å². The van der Waals surface area contributed by atoms with Gasteiger partial charge in [0.05, 0.1) is 6.10 Å². The fourth-order valence-corrected chi connectivity index (χ4v) is 2.29. The van der Waals surface area contributed by atoms with Crippen LogP contribution in [0.15, 0.2) is 18.2 Å². The second-order valence-electron chi connectivity index (χ2n) is 4.59. The normalized spacial score (nSPS) is 24.0. The molecule has 0 amide bonds. The minimum atomic E-state index is -0.144. The van der Waals surface area contributed by atoms with Crippen LogP contribution in [0.5, 0.6) is 0 Å². The number of hydrogen-bond acceptors (Lipinski definition) is 4. The second-order valence-corrected chi connectivity index (χ2v) is 4.59. The maximum absolute atomic E-state index is 9.57. The van der Waals surface area contributed by atoms with Gasteiger partial charge in [0.1, 0.15) is 17.6 Å². The molecule has 0 spiro atoms. The number of nitriles is 1. The maximum atomic E-state index is 9.57. The van der Waals surface area contributed by atoms with E-state index in [0.717, 1.165) is 38.0 Å². The minimum absolute atomic E-state index is 0.144. The van der Waals surface area contributed by atoms with Gasteiger partial charge in [0.15, 0.2) is 0 Å². The summed E-state index contributed by atoms with van der Waals surface area (Å²) in [6, 6.07) is 7.40. The number of aliphatic hydroxyl groups is 1. The average molecular weight is 231 g/mol. The third-order valence-corrected chi connectivity index (χ3v) is 3.19. The molecule has 1 aliphatic carbocycles. The molecule has 1 saturated carbocycles. The molecule has 2 rings (SSSR count). The van der Waals surface area contributed by atoms with Crippen LogP contribution in [-0.2, 0) is 0 Å². The zero-order chi connectivity index (χ0) is 12.1. The van der Waals surface area contributed by atoms with Crippen molar-refractivity contribution in [1.29, 1.82) is 5.26 Å². The Kier molecular flexibility index (Phi) is 3.94. The Bertz CT molecular complexity index is 413. The maximum Gasteiger partial charge on any atom is 0.142 e. The Labute approximate surface area is 101 Å². The van der Waals surface area contributed by atoms with Crippen LogP contribution in [0.4, 0.5) is 5.82 Å². The summed E-state index contributed by atoms with van der Waals surface area (Å²) in [6.45, 7) is 0.818. The molecule has 90 valence electrons. The van der Waals surface area contributed by atoms with Gasteiger partial charge >= 0.3 is 0 Å². The van der Waals surface area contributed by atoms with Crippen LogP contribution >= 0.6 is 0 Å². The van der Waals surface area contributed by atoms with Crippen LogP contribution in [0, 0.1) is 17.2 Å². The Morgan fingerprint density at radius 1 is 1.47 bits per heavy atom. The molecule has 1 aliphatic rings. The molecular weight excluding hydrogens is 214 g/mol. The Balaban J connectivity index is 1.87. The number of pyridine rings is 1. The zero-order valence-electron chi connectivity index (χ0n) is 9.76. The first-order valence-electron chi connectivity index (χ1n) is 6.07. The standard InChI is InChI=1S/C13H17N3O/c14-8-11-4-2-6-13(16-11)15-9-10-3-1-5-12(17)7-10/h2,4,6,10,12,17H,1,3,5,7,9H2,(H,15,16). The van der Waals surface area contributed by atoms with Gasteiger partial charge in [0, 0.05) is 6.54 Å². The van der Waals surface area contributed by atoms with Crippen molar-refractivity contribution in [2.75, 3.05) is 11.9 Å².